The van der Waals surface area contributed by atoms with Crippen LogP contribution in [0.4, 0.5) is 0 Å². The lowest BCUT2D eigenvalue weighted by molar-refractivity contribution is 0.0935. The van der Waals surface area contributed by atoms with Gasteiger partial charge in [-0.3, -0.25) is 4.79 Å². The summed E-state index contributed by atoms with van der Waals surface area (Å²) >= 11 is 7.05. The quantitative estimate of drug-likeness (QED) is 0.785. The second-order valence-corrected chi connectivity index (χ2v) is 3.63. The van der Waals surface area contributed by atoms with Gasteiger partial charge < -0.3 is 5.32 Å². The van der Waals surface area contributed by atoms with E-state index in [9.17, 15) is 4.79 Å². The van der Waals surface area contributed by atoms with Gasteiger partial charge in [-0.25, -0.2) is 4.98 Å². The molecule has 1 unspecified atom stereocenters. The van der Waals surface area contributed by atoms with E-state index in [0.717, 1.165) is 6.42 Å². The third-order valence-electron chi connectivity index (χ3n) is 1.68. The Morgan fingerprint density at radius 1 is 1.85 bits per heavy atom. The number of rotatable bonds is 4. The van der Waals surface area contributed by atoms with Crippen molar-refractivity contribution in [1.29, 1.82) is 0 Å². The maximum Gasteiger partial charge on any atom is 0.271 e. The van der Waals surface area contributed by atoms with Crippen molar-refractivity contribution in [1.82, 2.24) is 10.3 Å². The van der Waals surface area contributed by atoms with Crippen LogP contribution in [0, 0.1) is 0 Å². The highest BCUT2D eigenvalue weighted by Gasteiger charge is 2.11. The lowest BCUT2D eigenvalue weighted by Crippen LogP contribution is -2.35. The molecule has 1 aromatic rings. The van der Waals surface area contributed by atoms with Gasteiger partial charge in [-0.1, -0.05) is 6.92 Å². The van der Waals surface area contributed by atoms with Crippen molar-refractivity contribution >= 4 is 28.8 Å². The molecule has 1 N–H and O–H groups in total. The number of carbonyl (C=O) groups excluding carboxylic acids is 1. The van der Waals surface area contributed by atoms with Crippen molar-refractivity contribution in [3.05, 3.63) is 16.6 Å². The summed E-state index contributed by atoms with van der Waals surface area (Å²) in [5.74, 6) is 0.292. The Hall–Kier alpha value is -0.610. The fourth-order valence-electron chi connectivity index (χ4n) is 0.834. The Morgan fingerprint density at radius 3 is 3.08 bits per heavy atom. The monoisotopic (exact) mass is 218 g/mol. The second-order valence-electron chi connectivity index (χ2n) is 2.61. The molecule has 5 heteroatoms. The molecule has 72 valence electrons. The molecule has 0 aromatic carbocycles. The zero-order valence-electron chi connectivity index (χ0n) is 7.29. The number of hydrogen-bond donors (Lipinski definition) is 1. The van der Waals surface area contributed by atoms with Gasteiger partial charge in [-0.05, 0) is 6.42 Å². The summed E-state index contributed by atoms with van der Waals surface area (Å²) in [5.41, 5.74) is 2.10. The lowest BCUT2D eigenvalue weighted by atomic mass is 10.2. The predicted octanol–water partition coefficient (Wildman–Crippen LogP) is 1.89. The molecule has 0 saturated carbocycles. The molecule has 0 radical (unpaired) electrons. The third kappa shape index (κ3) is 2.97. The molecule has 0 fully saturated rings. The van der Waals surface area contributed by atoms with Crippen LogP contribution >= 0.6 is 22.9 Å². The highest BCUT2D eigenvalue weighted by molar-refractivity contribution is 7.07. The summed E-state index contributed by atoms with van der Waals surface area (Å²) in [6, 6.07) is 0.0378. The zero-order valence-corrected chi connectivity index (χ0v) is 8.86. The van der Waals surface area contributed by atoms with Gasteiger partial charge in [-0.2, -0.15) is 0 Å². The summed E-state index contributed by atoms with van der Waals surface area (Å²) < 4.78 is 0. The molecule has 3 nitrogen and oxygen atoms in total. The van der Waals surface area contributed by atoms with Gasteiger partial charge in [0.1, 0.15) is 5.69 Å². The van der Waals surface area contributed by atoms with E-state index < -0.39 is 0 Å². The zero-order chi connectivity index (χ0) is 9.68. The van der Waals surface area contributed by atoms with E-state index in [-0.39, 0.29) is 11.9 Å². The van der Waals surface area contributed by atoms with Gasteiger partial charge in [0.2, 0.25) is 0 Å². The van der Waals surface area contributed by atoms with Crippen LogP contribution in [0.5, 0.6) is 0 Å². The van der Waals surface area contributed by atoms with Gasteiger partial charge >= 0.3 is 0 Å². The molecule has 0 spiro atoms. The Morgan fingerprint density at radius 2 is 2.62 bits per heavy atom. The SMILES string of the molecule is CCC(CCl)NC(=O)c1cscn1. The smallest absolute Gasteiger partial charge is 0.271 e. The first-order valence-electron chi connectivity index (χ1n) is 4.03. The van der Waals surface area contributed by atoms with Crippen molar-refractivity contribution in [2.75, 3.05) is 5.88 Å². The Labute approximate surface area is 86.1 Å². The molecule has 1 heterocycles. The third-order valence-corrected chi connectivity index (χ3v) is 2.64. The van der Waals surface area contributed by atoms with E-state index in [0.29, 0.717) is 11.6 Å². The van der Waals surface area contributed by atoms with Crippen LogP contribution in [0.2, 0.25) is 0 Å². The van der Waals surface area contributed by atoms with Gasteiger partial charge in [-0.15, -0.1) is 22.9 Å². The number of carbonyl (C=O) groups is 1. The van der Waals surface area contributed by atoms with E-state index in [4.69, 9.17) is 11.6 Å². The summed E-state index contributed by atoms with van der Waals surface area (Å²) in [7, 11) is 0. The molecule has 0 bridgehead atoms. The van der Waals surface area contributed by atoms with Crippen LogP contribution in [0.1, 0.15) is 23.8 Å². The standard InChI is InChI=1S/C8H11ClN2OS/c1-2-6(3-9)11-8(12)7-4-13-5-10-7/h4-6H,2-3H2,1H3,(H,11,12). The molecule has 13 heavy (non-hydrogen) atoms. The minimum Gasteiger partial charge on any atom is -0.347 e. The van der Waals surface area contributed by atoms with E-state index in [2.05, 4.69) is 10.3 Å². The van der Waals surface area contributed by atoms with Gasteiger partial charge in [0, 0.05) is 17.3 Å². The van der Waals surface area contributed by atoms with E-state index in [1.807, 2.05) is 6.92 Å². The summed E-state index contributed by atoms with van der Waals surface area (Å²) in [6.45, 7) is 1.98. The highest BCUT2D eigenvalue weighted by atomic mass is 35.5. The van der Waals surface area contributed by atoms with Crippen LogP contribution in [-0.2, 0) is 0 Å². The average Bonchev–Trinajstić information content (AvgIpc) is 2.66. The van der Waals surface area contributed by atoms with Crippen LogP contribution < -0.4 is 5.32 Å². The van der Waals surface area contributed by atoms with Crippen LogP contribution in [-0.4, -0.2) is 22.8 Å². The molecule has 0 saturated heterocycles. The topological polar surface area (TPSA) is 42.0 Å². The lowest BCUT2D eigenvalue weighted by Gasteiger charge is -2.11. The highest BCUT2D eigenvalue weighted by Crippen LogP contribution is 2.02. The molecule has 1 amide bonds. The largest absolute Gasteiger partial charge is 0.347 e. The van der Waals surface area contributed by atoms with Crippen molar-refractivity contribution in [3.63, 3.8) is 0 Å². The van der Waals surface area contributed by atoms with E-state index in [1.165, 1.54) is 11.3 Å². The number of alkyl halides is 1. The predicted molar refractivity (Wildman–Crippen MR) is 54.4 cm³/mol. The van der Waals surface area contributed by atoms with Crippen molar-refractivity contribution < 1.29 is 4.79 Å². The van der Waals surface area contributed by atoms with Gasteiger partial charge in [0.05, 0.1) is 5.51 Å². The van der Waals surface area contributed by atoms with Crippen LogP contribution in [0.3, 0.4) is 0 Å². The number of aromatic nitrogens is 1. The first-order valence-corrected chi connectivity index (χ1v) is 5.50. The average molecular weight is 219 g/mol. The van der Waals surface area contributed by atoms with Crippen LogP contribution in [0.15, 0.2) is 10.9 Å². The number of hydrogen-bond acceptors (Lipinski definition) is 3. The molecule has 0 aliphatic rings. The van der Waals surface area contributed by atoms with Crippen molar-refractivity contribution in [3.8, 4) is 0 Å². The Kier molecular flexibility index (Phi) is 4.18. The fourth-order valence-corrected chi connectivity index (χ4v) is 1.66. The molecular weight excluding hydrogens is 208 g/mol. The normalized spacial score (nSPS) is 12.5. The minimum absolute atomic E-state index is 0.0378. The number of amides is 1. The van der Waals surface area contributed by atoms with Crippen LogP contribution in [0.25, 0.3) is 0 Å². The fraction of sp³-hybridized carbons (Fsp3) is 0.500. The number of thiazole rings is 1. The Balaban J connectivity index is 2.50. The number of halogens is 1. The Bertz CT molecular complexity index is 259. The summed E-state index contributed by atoms with van der Waals surface area (Å²) in [5, 5.41) is 4.51. The first kappa shape index (κ1) is 10.5. The molecule has 0 aliphatic heterocycles. The molecule has 1 atom stereocenters. The maximum atomic E-state index is 11.4. The number of nitrogens with one attached hydrogen (secondary N) is 1. The molecular formula is C8H11ClN2OS. The summed E-state index contributed by atoms with van der Waals surface area (Å²) in [6.07, 6.45) is 0.833. The van der Waals surface area contributed by atoms with Crippen molar-refractivity contribution in [2.45, 2.75) is 19.4 Å². The van der Waals surface area contributed by atoms with E-state index >= 15 is 0 Å². The van der Waals surface area contributed by atoms with Gasteiger partial charge in [0.15, 0.2) is 0 Å². The van der Waals surface area contributed by atoms with E-state index in [1.54, 1.807) is 10.9 Å². The van der Waals surface area contributed by atoms with Crippen molar-refractivity contribution in [2.24, 2.45) is 0 Å². The molecule has 1 rings (SSSR count). The maximum absolute atomic E-state index is 11.4. The first-order chi connectivity index (χ1) is 6.27. The summed E-state index contributed by atoms with van der Waals surface area (Å²) in [4.78, 5) is 15.3. The number of nitrogens with zero attached hydrogens (tertiary/aromatic N) is 1. The second kappa shape index (κ2) is 5.19. The molecule has 1 aromatic heterocycles. The minimum atomic E-state index is -0.145. The molecule has 0 aliphatic carbocycles. The van der Waals surface area contributed by atoms with Gasteiger partial charge in [0.25, 0.3) is 5.91 Å².